The van der Waals surface area contributed by atoms with Gasteiger partial charge in [-0.05, 0) is 25.5 Å². The largest absolute Gasteiger partial charge is 0.389 e. The van der Waals surface area contributed by atoms with Crippen molar-refractivity contribution in [2.24, 2.45) is 12.8 Å². The van der Waals surface area contributed by atoms with Crippen molar-refractivity contribution in [1.29, 1.82) is 0 Å². The lowest BCUT2D eigenvalue weighted by Crippen LogP contribution is -2.20. The van der Waals surface area contributed by atoms with Gasteiger partial charge in [-0.25, -0.2) is 8.42 Å². The predicted octanol–water partition coefficient (Wildman–Crippen LogP) is 1.47. The Kier molecular flexibility index (Phi) is 4.02. The van der Waals surface area contributed by atoms with Crippen LogP contribution in [0.4, 0.5) is 5.82 Å². The van der Waals surface area contributed by atoms with Crippen LogP contribution in [-0.4, -0.2) is 23.2 Å². The second kappa shape index (κ2) is 5.45. The van der Waals surface area contributed by atoms with E-state index in [2.05, 4.69) is 9.82 Å². The molecule has 0 unspecified atom stereocenters. The summed E-state index contributed by atoms with van der Waals surface area (Å²) in [4.78, 5) is 0.296. The molecule has 0 atom stereocenters. The highest BCUT2D eigenvalue weighted by molar-refractivity contribution is 7.92. The van der Waals surface area contributed by atoms with Crippen molar-refractivity contribution >= 4 is 33.0 Å². The average Bonchev–Trinajstić information content (AvgIpc) is 2.70. The monoisotopic (exact) mass is 324 g/mol. The molecular weight excluding hydrogens is 308 g/mol. The van der Waals surface area contributed by atoms with Gasteiger partial charge >= 0.3 is 0 Å². The van der Waals surface area contributed by atoms with Gasteiger partial charge in [-0.1, -0.05) is 29.9 Å². The number of aryl methyl sites for hydroxylation is 3. The molecule has 1 aromatic heterocycles. The molecule has 1 heterocycles. The summed E-state index contributed by atoms with van der Waals surface area (Å²) in [6.45, 7) is 3.65. The highest BCUT2D eigenvalue weighted by Crippen LogP contribution is 2.22. The van der Waals surface area contributed by atoms with E-state index in [1.54, 1.807) is 26.1 Å². The van der Waals surface area contributed by atoms with E-state index in [4.69, 9.17) is 18.0 Å². The van der Waals surface area contributed by atoms with Gasteiger partial charge < -0.3 is 5.73 Å². The molecule has 0 spiro atoms. The fraction of sp³-hybridized carbons (Fsp3) is 0.231. The third-order valence-electron chi connectivity index (χ3n) is 3.06. The van der Waals surface area contributed by atoms with Crippen LogP contribution in [-0.2, 0) is 17.1 Å². The highest BCUT2D eigenvalue weighted by atomic mass is 32.2. The smallest absolute Gasteiger partial charge is 0.263 e. The number of nitrogens with zero attached hydrogens (tertiary/aromatic N) is 2. The molecule has 21 heavy (non-hydrogen) atoms. The molecule has 0 aliphatic rings. The number of thiocarbonyl (C=S) groups is 1. The maximum Gasteiger partial charge on any atom is 0.263 e. The second-order valence-corrected chi connectivity index (χ2v) is 6.86. The molecule has 0 amide bonds. The van der Waals surface area contributed by atoms with Crippen LogP contribution in [0.5, 0.6) is 0 Å². The predicted molar refractivity (Wildman–Crippen MR) is 85.8 cm³/mol. The van der Waals surface area contributed by atoms with Gasteiger partial charge in [0.25, 0.3) is 10.0 Å². The molecule has 6 nitrogen and oxygen atoms in total. The molecule has 0 bridgehead atoms. The molecular formula is C13H16N4O2S2. The molecule has 2 rings (SSSR count). The van der Waals surface area contributed by atoms with Gasteiger partial charge in [-0.15, -0.1) is 0 Å². The molecule has 2 aromatic rings. The first-order valence-corrected chi connectivity index (χ1v) is 8.03. The van der Waals surface area contributed by atoms with Crippen LogP contribution in [0.3, 0.4) is 0 Å². The summed E-state index contributed by atoms with van der Waals surface area (Å²) in [6.07, 6.45) is 1.43. The van der Waals surface area contributed by atoms with E-state index in [1.165, 1.54) is 10.9 Å². The number of sulfonamides is 1. The number of rotatable bonds is 4. The van der Waals surface area contributed by atoms with Crippen molar-refractivity contribution in [1.82, 2.24) is 9.78 Å². The Balaban J connectivity index is 2.47. The maximum atomic E-state index is 12.5. The Hall–Kier alpha value is -1.93. The van der Waals surface area contributed by atoms with E-state index in [-0.39, 0.29) is 15.7 Å². The van der Waals surface area contributed by atoms with Gasteiger partial charge in [0.05, 0.1) is 16.7 Å². The molecule has 0 aliphatic heterocycles. The normalized spacial score (nSPS) is 11.4. The highest BCUT2D eigenvalue weighted by Gasteiger charge is 2.21. The number of hydrogen-bond acceptors (Lipinski definition) is 4. The molecule has 1 aromatic carbocycles. The standard InChI is InChI=1S/C13H16N4O2S2/c1-8-4-5-11(9(2)6-8)21(18,19)16-13-10(12(14)20)7-15-17(13)3/h4-7,16H,1-3H3,(H2,14,20). The topological polar surface area (TPSA) is 90.0 Å². The van der Waals surface area contributed by atoms with E-state index in [1.807, 2.05) is 13.0 Å². The summed E-state index contributed by atoms with van der Waals surface area (Å²) < 4.78 is 28.9. The Labute approximate surface area is 129 Å². The van der Waals surface area contributed by atoms with Crippen molar-refractivity contribution in [2.45, 2.75) is 18.7 Å². The van der Waals surface area contributed by atoms with Gasteiger partial charge in [0.1, 0.15) is 10.8 Å². The van der Waals surface area contributed by atoms with Gasteiger partial charge in [0.15, 0.2) is 0 Å². The Bertz CT molecular complexity index is 810. The second-order valence-electron chi connectivity index (χ2n) is 4.77. The minimum absolute atomic E-state index is 0.0847. The number of nitrogens with two attached hydrogens (primary N) is 1. The Morgan fingerprint density at radius 3 is 2.62 bits per heavy atom. The van der Waals surface area contributed by atoms with Crippen LogP contribution in [0.1, 0.15) is 16.7 Å². The number of benzene rings is 1. The minimum atomic E-state index is -3.74. The lowest BCUT2D eigenvalue weighted by atomic mass is 10.2. The Morgan fingerprint density at radius 2 is 2.05 bits per heavy atom. The van der Waals surface area contributed by atoms with Gasteiger partial charge in [-0.3, -0.25) is 9.40 Å². The van der Waals surface area contributed by atoms with Crippen molar-refractivity contribution in [3.8, 4) is 0 Å². The zero-order valence-electron chi connectivity index (χ0n) is 11.9. The van der Waals surface area contributed by atoms with Crippen LogP contribution >= 0.6 is 12.2 Å². The molecule has 0 aliphatic carbocycles. The zero-order valence-corrected chi connectivity index (χ0v) is 13.5. The average molecular weight is 324 g/mol. The summed E-state index contributed by atoms with van der Waals surface area (Å²) in [5.74, 6) is 0.252. The van der Waals surface area contributed by atoms with E-state index >= 15 is 0 Å². The van der Waals surface area contributed by atoms with Crippen LogP contribution < -0.4 is 10.5 Å². The molecule has 0 saturated heterocycles. The first-order chi connectivity index (χ1) is 9.72. The van der Waals surface area contributed by atoms with E-state index in [0.717, 1.165) is 5.56 Å². The molecule has 0 fully saturated rings. The first-order valence-electron chi connectivity index (χ1n) is 6.14. The summed E-state index contributed by atoms with van der Waals surface area (Å²) >= 11 is 4.90. The lowest BCUT2D eigenvalue weighted by molar-refractivity contribution is 0.599. The van der Waals surface area contributed by atoms with E-state index < -0.39 is 10.0 Å². The molecule has 3 N–H and O–H groups in total. The summed E-state index contributed by atoms with van der Waals surface area (Å²) in [5.41, 5.74) is 7.63. The SMILES string of the molecule is Cc1ccc(S(=O)(=O)Nc2c(C(N)=S)cnn2C)c(C)c1. The minimum Gasteiger partial charge on any atom is -0.389 e. The number of aromatic nitrogens is 2. The van der Waals surface area contributed by atoms with E-state index in [0.29, 0.717) is 11.1 Å². The molecule has 0 radical (unpaired) electrons. The third kappa shape index (κ3) is 3.06. The molecule has 8 heteroatoms. The lowest BCUT2D eigenvalue weighted by Gasteiger charge is -2.12. The first kappa shape index (κ1) is 15.5. The van der Waals surface area contributed by atoms with Crippen molar-refractivity contribution in [3.63, 3.8) is 0 Å². The zero-order chi connectivity index (χ0) is 15.8. The number of anilines is 1. The quantitative estimate of drug-likeness (QED) is 0.831. The van der Waals surface area contributed by atoms with Gasteiger partial charge in [0.2, 0.25) is 0 Å². The number of hydrogen-bond donors (Lipinski definition) is 2. The maximum absolute atomic E-state index is 12.5. The van der Waals surface area contributed by atoms with Crippen LogP contribution in [0.15, 0.2) is 29.3 Å². The van der Waals surface area contributed by atoms with Crippen LogP contribution in [0.2, 0.25) is 0 Å². The summed E-state index contributed by atoms with van der Waals surface area (Å²) in [6, 6.07) is 5.13. The van der Waals surface area contributed by atoms with Crippen molar-refractivity contribution in [2.75, 3.05) is 4.72 Å². The van der Waals surface area contributed by atoms with Crippen LogP contribution in [0, 0.1) is 13.8 Å². The summed E-state index contributed by atoms with van der Waals surface area (Å²) in [7, 11) is -2.12. The molecule has 0 saturated carbocycles. The van der Waals surface area contributed by atoms with Gasteiger partial charge in [-0.2, -0.15) is 5.10 Å². The van der Waals surface area contributed by atoms with Crippen LogP contribution in [0.25, 0.3) is 0 Å². The summed E-state index contributed by atoms with van der Waals surface area (Å²) in [5, 5.41) is 3.97. The third-order valence-corrected chi connectivity index (χ3v) is 4.77. The fourth-order valence-electron chi connectivity index (χ4n) is 2.02. The van der Waals surface area contributed by atoms with E-state index in [9.17, 15) is 8.42 Å². The van der Waals surface area contributed by atoms with Crippen molar-refractivity contribution < 1.29 is 8.42 Å². The van der Waals surface area contributed by atoms with Gasteiger partial charge in [0, 0.05) is 7.05 Å². The molecule has 112 valence electrons. The fourth-order valence-corrected chi connectivity index (χ4v) is 3.51. The van der Waals surface area contributed by atoms with Crippen molar-refractivity contribution in [3.05, 3.63) is 41.1 Å². The number of nitrogens with one attached hydrogen (secondary N) is 1. The Morgan fingerprint density at radius 1 is 1.38 bits per heavy atom.